The molecule has 2 aliphatic rings. The first kappa shape index (κ1) is 16.5. The van der Waals surface area contributed by atoms with Crippen molar-refractivity contribution in [2.24, 2.45) is 0 Å². The number of aromatic amines is 1. The van der Waals surface area contributed by atoms with Crippen LogP contribution in [-0.2, 0) is 6.42 Å². The van der Waals surface area contributed by atoms with Crippen LogP contribution in [-0.4, -0.2) is 39.1 Å². The van der Waals surface area contributed by atoms with E-state index in [1.807, 2.05) is 11.0 Å². The van der Waals surface area contributed by atoms with Crippen LogP contribution in [0.25, 0.3) is 11.0 Å². The molecular formula is C21H24N4O2. The number of aromatic nitrogens is 3. The Labute approximate surface area is 158 Å². The molecule has 3 aromatic rings. The summed E-state index contributed by atoms with van der Waals surface area (Å²) in [4.78, 5) is 19.8. The molecule has 2 aromatic heterocycles. The van der Waals surface area contributed by atoms with Crippen LogP contribution in [0.5, 0.6) is 0 Å². The summed E-state index contributed by atoms with van der Waals surface area (Å²) in [6.45, 7) is 3.56. The molecule has 0 radical (unpaired) electrons. The van der Waals surface area contributed by atoms with Gasteiger partial charge in [-0.25, -0.2) is 4.98 Å². The van der Waals surface area contributed by atoms with Gasteiger partial charge in [-0.3, -0.25) is 9.89 Å². The van der Waals surface area contributed by atoms with Crippen molar-refractivity contribution in [1.29, 1.82) is 0 Å². The second-order valence-electron chi connectivity index (χ2n) is 7.78. The quantitative estimate of drug-likeness (QED) is 0.759. The molecule has 1 N–H and O–H groups in total. The Hall–Kier alpha value is -2.63. The topological polar surface area (TPSA) is 75.0 Å². The van der Waals surface area contributed by atoms with Crippen LogP contribution in [0.4, 0.5) is 0 Å². The molecule has 1 amide bonds. The van der Waals surface area contributed by atoms with Gasteiger partial charge >= 0.3 is 0 Å². The van der Waals surface area contributed by atoms with E-state index in [1.54, 1.807) is 6.26 Å². The van der Waals surface area contributed by atoms with E-state index in [-0.39, 0.29) is 11.8 Å². The third-order valence-corrected chi connectivity index (χ3v) is 5.83. The second-order valence-corrected chi connectivity index (χ2v) is 7.78. The molecule has 27 heavy (non-hydrogen) atoms. The third kappa shape index (κ3) is 3.03. The van der Waals surface area contributed by atoms with Crippen molar-refractivity contribution in [2.75, 3.05) is 13.1 Å². The summed E-state index contributed by atoms with van der Waals surface area (Å²) < 4.78 is 5.63. The Morgan fingerprint density at radius 3 is 3.00 bits per heavy atom. The zero-order valence-electron chi connectivity index (χ0n) is 15.6. The van der Waals surface area contributed by atoms with E-state index >= 15 is 0 Å². The van der Waals surface area contributed by atoms with E-state index in [1.165, 1.54) is 18.4 Å². The van der Waals surface area contributed by atoms with E-state index in [9.17, 15) is 4.79 Å². The summed E-state index contributed by atoms with van der Waals surface area (Å²) in [6.07, 6.45) is 6.95. The number of benzene rings is 1. The van der Waals surface area contributed by atoms with E-state index in [0.717, 1.165) is 48.4 Å². The lowest BCUT2D eigenvalue weighted by atomic mass is 9.96. The van der Waals surface area contributed by atoms with Crippen LogP contribution in [0.2, 0.25) is 0 Å². The lowest BCUT2D eigenvalue weighted by Crippen LogP contribution is -2.39. The number of furan rings is 1. The number of amides is 1. The largest absolute Gasteiger partial charge is 0.463 e. The Bertz CT molecular complexity index is 985. The third-order valence-electron chi connectivity index (χ3n) is 5.83. The minimum Gasteiger partial charge on any atom is -0.463 e. The zero-order chi connectivity index (χ0) is 18.4. The predicted octanol–water partition coefficient (Wildman–Crippen LogP) is 4.01. The average Bonchev–Trinajstić information content (AvgIpc) is 3.29. The van der Waals surface area contributed by atoms with Gasteiger partial charge in [0.1, 0.15) is 17.7 Å². The van der Waals surface area contributed by atoms with Crippen LogP contribution < -0.4 is 0 Å². The van der Waals surface area contributed by atoms with Crippen molar-refractivity contribution in [3.8, 4) is 0 Å². The number of likely N-dealkylation sites (tertiary alicyclic amines) is 1. The summed E-state index contributed by atoms with van der Waals surface area (Å²) in [5.41, 5.74) is 2.64. The van der Waals surface area contributed by atoms with Crippen molar-refractivity contribution in [3.05, 3.63) is 47.2 Å². The lowest BCUT2D eigenvalue weighted by molar-refractivity contribution is 0.0705. The van der Waals surface area contributed by atoms with Gasteiger partial charge in [0.05, 0.1) is 5.56 Å². The first-order valence-corrected chi connectivity index (χ1v) is 9.94. The maximum atomic E-state index is 13.2. The number of nitrogens with one attached hydrogen (secondary N) is 1. The molecule has 1 aliphatic heterocycles. The van der Waals surface area contributed by atoms with Crippen LogP contribution in [0.1, 0.15) is 72.0 Å². The fraction of sp³-hybridized carbons (Fsp3) is 0.476. The maximum absolute atomic E-state index is 13.2. The first-order valence-electron chi connectivity index (χ1n) is 9.94. The van der Waals surface area contributed by atoms with Crippen molar-refractivity contribution in [2.45, 2.75) is 50.9 Å². The Kier molecular flexibility index (Phi) is 3.99. The summed E-state index contributed by atoms with van der Waals surface area (Å²) in [6, 6.07) is 6.08. The highest BCUT2D eigenvalue weighted by atomic mass is 16.3. The molecule has 0 spiro atoms. The minimum atomic E-state index is 0.0460. The number of carbonyl (C=O) groups is 1. The van der Waals surface area contributed by atoms with E-state index in [4.69, 9.17) is 9.40 Å². The predicted molar refractivity (Wildman–Crippen MR) is 102 cm³/mol. The smallest absolute Gasteiger partial charge is 0.257 e. The molecule has 5 rings (SSSR count). The number of hydrogen-bond donors (Lipinski definition) is 1. The highest BCUT2D eigenvalue weighted by Gasteiger charge is 2.32. The fourth-order valence-corrected chi connectivity index (χ4v) is 4.01. The molecule has 2 fully saturated rings. The highest BCUT2D eigenvalue weighted by Crippen LogP contribution is 2.38. The van der Waals surface area contributed by atoms with Gasteiger partial charge in [0.25, 0.3) is 5.91 Å². The summed E-state index contributed by atoms with van der Waals surface area (Å²) >= 11 is 0. The number of piperidine rings is 1. The molecule has 1 saturated heterocycles. The number of rotatable bonds is 4. The maximum Gasteiger partial charge on any atom is 0.257 e. The molecule has 140 valence electrons. The second kappa shape index (κ2) is 6.51. The number of aryl methyl sites for hydroxylation is 1. The highest BCUT2D eigenvalue weighted by molar-refractivity contribution is 6.06. The van der Waals surface area contributed by atoms with Gasteiger partial charge in [0.15, 0.2) is 5.82 Å². The van der Waals surface area contributed by atoms with Crippen molar-refractivity contribution >= 4 is 16.9 Å². The van der Waals surface area contributed by atoms with Gasteiger partial charge in [0, 0.05) is 30.3 Å². The lowest BCUT2D eigenvalue weighted by Gasteiger charge is -2.31. The van der Waals surface area contributed by atoms with Gasteiger partial charge in [-0.2, -0.15) is 5.10 Å². The number of carbonyl (C=O) groups excluding carboxylic acids is 1. The van der Waals surface area contributed by atoms with Crippen LogP contribution in [0.15, 0.2) is 28.9 Å². The summed E-state index contributed by atoms with van der Waals surface area (Å²) in [5, 5.41) is 8.44. The molecular weight excluding hydrogens is 340 g/mol. The van der Waals surface area contributed by atoms with Crippen molar-refractivity contribution in [3.63, 3.8) is 0 Å². The standard InChI is InChI=1S/C21H24N4O2/c1-2-13-5-8-18-16(10-13)17(12-27-18)21(26)25-9-3-4-15(11-25)20-22-19(23-24-20)14-6-7-14/h5,8,10,12,14-15H,2-4,6-7,9,11H2,1H3,(H,22,23,24). The van der Waals surface area contributed by atoms with Gasteiger partial charge in [-0.05, 0) is 49.8 Å². The summed E-state index contributed by atoms with van der Waals surface area (Å²) in [5.74, 6) is 2.69. The number of nitrogens with zero attached hydrogens (tertiary/aromatic N) is 3. The molecule has 6 heteroatoms. The molecule has 1 unspecified atom stereocenters. The van der Waals surface area contributed by atoms with Crippen LogP contribution in [0.3, 0.4) is 0 Å². The SMILES string of the molecule is CCc1ccc2occ(C(=O)N3CCCC(c4n[nH]c(C5CC5)n4)C3)c2c1. The normalized spacial score (nSPS) is 20.3. The number of H-pyrrole nitrogens is 1. The van der Waals surface area contributed by atoms with Crippen LogP contribution in [0, 0.1) is 0 Å². The molecule has 6 nitrogen and oxygen atoms in total. The molecule has 1 saturated carbocycles. The Morgan fingerprint density at radius 2 is 2.19 bits per heavy atom. The Balaban J connectivity index is 1.38. The van der Waals surface area contributed by atoms with E-state index in [0.29, 0.717) is 18.0 Å². The van der Waals surface area contributed by atoms with Gasteiger partial charge in [-0.15, -0.1) is 0 Å². The molecule has 3 heterocycles. The average molecular weight is 364 g/mol. The van der Waals surface area contributed by atoms with Crippen LogP contribution >= 0.6 is 0 Å². The Morgan fingerprint density at radius 1 is 1.30 bits per heavy atom. The number of fused-ring (bicyclic) bond motifs is 1. The van der Waals surface area contributed by atoms with Gasteiger partial charge < -0.3 is 9.32 Å². The number of hydrogen-bond acceptors (Lipinski definition) is 4. The zero-order valence-corrected chi connectivity index (χ0v) is 15.6. The monoisotopic (exact) mass is 364 g/mol. The molecule has 1 aromatic carbocycles. The molecule has 1 atom stereocenters. The minimum absolute atomic E-state index is 0.0460. The van der Waals surface area contributed by atoms with Crippen molar-refractivity contribution in [1.82, 2.24) is 20.1 Å². The first-order chi connectivity index (χ1) is 13.2. The van der Waals surface area contributed by atoms with Gasteiger partial charge in [-0.1, -0.05) is 13.0 Å². The van der Waals surface area contributed by atoms with Gasteiger partial charge in [0.2, 0.25) is 0 Å². The summed E-state index contributed by atoms with van der Waals surface area (Å²) in [7, 11) is 0. The van der Waals surface area contributed by atoms with E-state index < -0.39 is 0 Å². The van der Waals surface area contributed by atoms with Crippen molar-refractivity contribution < 1.29 is 9.21 Å². The van der Waals surface area contributed by atoms with E-state index in [2.05, 4.69) is 29.3 Å². The molecule has 0 bridgehead atoms. The fourth-order valence-electron chi connectivity index (χ4n) is 4.01. The molecule has 1 aliphatic carbocycles.